The monoisotopic (exact) mass is 184 g/mol. The predicted molar refractivity (Wildman–Crippen MR) is 49.6 cm³/mol. The molecule has 1 N–H and O–H groups in total. The Hall–Kier alpha value is -2.51. The Bertz CT molecular complexity index is 569. The van der Waals surface area contributed by atoms with Gasteiger partial charge < -0.3 is 4.98 Å². The van der Waals surface area contributed by atoms with Gasteiger partial charge in [-0.05, 0) is 11.6 Å². The fourth-order valence-corrected chi connectivity index (χ4v) is 1.26. The maximum Gasteiger partial charge on any atom is 0.139 e. The molecule has 0 spiro atoms. The van der Waals surface area contributed by atoms with Gasteiger partial charge in [-0.2, -0.15) is 5.26 Å². The van der Waals surface area contributed by atoms with Crippen molar-refractivity contribution in [3.05, 3.63) is 34.5 Å². The molecular weight excluding hydrogens is 180 g/mol. The smallest absolute Gasteiger partial charge is 0.139 e. The molecule has 0 fully saturated rings. The third-order valence-electron chi connectivity index (χ3n) is 1.82. The van der Waals surface area contributed by atoms with Gasteiger partial charge in [0.1, 0.15) is 11.7 Å². The lowest BCUT2D eigenvalue weighted by Gasteiger charge is -1.93. The van der Waals surface area contributed by atoms with E-state index in [9.17, 15) is 0 Å². The number of pyridine rings is 1. The summed E-state index contributed by atoms with van der Waals surface area (Å²) in [7, 11) is 0. The molecule has 14 heavy (non-hydrogen) atoms. The molecule has 0 amide bonds. The van der Waals surface area contributed by atoms with Gasteiger partial charge >= 0.3 is 0 Å². The zero-order valence-corrected chi connectivity index (χ0v) is 6.97. The van der Waals surface area contributed by atoms with E-state index in [1.165, 1.54) is 12.4 Å². The van der Waals surface area contributed by atoms with Gasteiger partial charge in [-0.1, -0.05) is 5.11 Å². The topological polar surface area (TPSA) is 101 Å². The Balaban J connectivity index is 2.89. The molecule has 6 heteroatoms. The number of fused-ring (bicyclic) bond motifs is 1. The number of aromatic amines is 1. The van der Waals surface area contributed by atoms with Crippen molar-refractivity contribution in [2.75, 3.05) is 0 Å². The first kappa shape index (κ1) is 8.10. The van der Waals surface area contributed by atoms with Crippen LogP contribution in [0.1, 0.15) is 5.56 Å². The third kappa shape index (κ3) is 1.05. The Morgan fingerprint density at radius 3 is 3.21 bits per heavy atom. The minimum atomic E-state index is 0.412. The lowest BCUT2D eigenvalue weighted by Crippen LogP contribution is -1.75. The fraction of sp³-hybridized carbons (Fsp3) is 0. The van der Waals surface area contributed by atoms with Crippen molar-refractivity contribution in [3.63, 3.8) is 0 Å². The molecule has 2 heterocycles. The molecule has 66 valence electrons. The predicted octanol–water partition coefficient (Wildman–Crippen LogP) is 2.38. The summed E-state index contributed by atoms with van der Waals surface area (Å²) in [4.78, 5) is 9.51. The number of hydrogen-bond acceptors (Lipinski definition) is 3. The molecule has 0 aliphatic rings. The Morgan fingerprint density at radius 2 is 2.50 bits per heavy atom. The normalized spacial score (nSPS) is 9.36. The van der Waals surface area contributed by atoms with E-state index in [2.05, 4.69) is 20.0 Å². The molecule has 0 aliphatic heterocycles. The van der Waals surface area contributed by atoms with Crippen LogP contribution in [0, 0.1) is 11.3 Å². The second-order valence-electron chi connectivity index (χ2n) is 2.56. The summed E-state index contributed by atoms with van der Waals surface area (Å²) in [6, 6.07) is 3.56. The van der Waals surface area contributed by atoms with Gasteiger partial charge in [-0.15, -0.1) is 0 Å². The first-order valence-corrected chi connectivity index (χ1v) is 3.78. The number of H-pyrrole nitrogens is 1. The number of azide groups is 1. The second-order valence-corrected chi connectivity index (χ2v) is 2.56. The van der Waals surface area contributed by atoms with Gasteiger partial charge in [0.05, 0.1) is 11.3 Å². The molecule has 0 radical (unpaired) electrons. The number of hydrogen-bond donors (Lipinski definition) is 1. The average molecular weight is 184 g/mol. The van der Waals surface area contributed by atoms with E-state index >= 15 is 0 Å². The highest BCUT2D eigenvalue weighted by Crippen LogP contribution is 2.26. The summed E-state index contributed by atoms with van der Waals surface area (Å²) in [5.41, 5.74) is 9.71. The molecule has 0 saturated carbocycles. The maximum atomic E-state index is 8.78. The quantitative estimate of drug-likeness (QED) is 0.417. The standard InChI is InChI=1S/C8H4N6/c9-3-5-4-12-8-7(5)6(13-14-10)1-2-11-8/h1-2,4H,(H,11,12). The van der Waals surface area contributed by atoms with E-state index in [0.717, 1.165) is 0 Å². The van der Waals surface area contributed by atoms with Crippen LogP contribution >= 0.6 is 0 Å². The van der Waals surface area contributed by atoms with E-state index in [1.807, 2.05) is 6.07 Å². The van der Waals surface area contributed by atoms with Crippen molar-refractivity contribution in [2.45, 2.75) is 0 Å². The van der Waals surface area contributed by atoms with Crippen LogP contribution < -0.4 is 0 Å². The van der Waals surface area contributed by atoms with Crippen LogP contribution in [0.3, 0.4) is 0 Å². The van der Waals surface area contributed by atoms with Gasteiger partial charge in [0, 0.05) is 22.7 Å². The third-order valence-corrected chi connectivity index (χ3v) is 1.82. The summed E-state index contributed by atoms with van der Waals surface area (Å²) < 4.78 is 0. The molecule has 0 atom stereocenters. The van der Waals surface area contributed by atoms with Crippen LogP contribution in [0.15, 0.2) is 23.6 Å². The van der Waals surface area contributed by atoms with Crippen LogP contribution in [0.4, 0.5) is 5.69 Å². The minimum Gasteiger partial charge on any atom is -0.345 e. The number of rotatable bonds is 1. The maximum absolute atomic E-state index is 8.78. The molecule has 2 rings (SSSR count). The van der Waals surface area contributed by atoms with E-state index in [4.69, 9.17) is 10.8 Å². The second kappa shape index (κ2) is 3.09. The van der Waals surface area contributed by atoms with Crippen molar-refractivity contribution in [3.8, 4) is 6.07 Å². The first-order chi connectivity index (χ1) is 6.86. The van der Waals surface area contributed by atoms with Crippen LogP contribution in [0.5, 0.6) is 0 Å². The van der Waals surface area contributed by atoms with Gasteiger partial charge in [0.15, 0.2) is 0 Å². The van der Waals surface area contributed by atoms with Crippen molar-refractivity contribution < 1.29 is 0 Å². The van der Waals surface area contributed by atoms with E-state index in [-0.39, 0.29) is 0 Å². The van der Waals surface area contributed by atoms with Crippen LogP contribution in [-0.4, -0.2) is 9.97 Å². The summed E-state index contributed by atoms with van der Waals surface area (Å²) >= 11 is 0. The number of nitrogens with zero attached hydrogens (tertiary/aromatic N) is 5. The average Bonchev–Trinajstić information content (AvgIpc) is 2.62. The van der Waals surface area contributed by atoms with Gasteiger partial charge in [0.2, 0.25) is 0 Å². The summed E-state index contributed by atoms with van der Waals surface area (Å²) in [5, 5.41) is 12.8. The fourth-order valence-electron chi connectivity index (χ4n) is 1.26. The van der Waals surface area contributed by atoms with Crippen LogP contribution in [0.2, 0.25) is 0 Å². The molecule has 6 nitrogen and oxygen atoms in total. The van der Waals surface area contributed by atoms with Crippen molar-refractivity contribution in [1.82, 2.24) is 9.97 Å². The zero-order chi connectivity index (χ0) is 9.97. The van der Waals surface area contributed by atoms with Crippen molar-refractivity contribution >= 4 is 16.7 Å². The number of nitrogens with one attached hydrogen (secondary N) is 1. The van der Waals surface area contributed by atoms with Crippen LogP contribution in [-0.2, 0) is 0 Å². The van der Waals surface area contributed by atoms with E-state index < -0.39 is 0 Å². The number of aromatic nitrogens is 2. The largest absolute Gasteiger partial charge is 0.345 e. The molecular formula is C8H4N6. The molecule has 0 bridgehead atoms. The molecule has 2 aromatic heterocycles. The highest BCUT2D eigenvalue weighted by atomic mass is 15.1. The van der Waals surface area contributed by atoms with Crippen molar-refractivity contribution in [1.29, 1.82) is 5.26 Å². The summed E-state index contributed by atoms with van der Waals surface area (Å²) in [6.07, 6.45) is 3.05. The van der Waals surface area contributed by atoms with Crippen molar-refractivity contribution in [2.24, 2.45) is 5.11 Å². The Morgan fingerprint density at radius 1 is 1.64 bits per heavy atom. The van der Waals surface area contributed by atoms with Crippen LogP contribution in [0.25, 0.3) is 21.5 Å². The highest BCUT2D eigenvalue weighted by Gasteiger charge is 2.07. The lowest BCUT2D eigenvalue weighted by atomic mass is 10.2. The lowest BCUT2D eigenvalue weighted by molar-refractivity contribution is 1.32. The summed E-state index contributed by atoms with van der Waals surface area (Å²) in [6.45, 7) is 0. The van der Waals surface area contributed by atoms with E-state index in [0.29, 0.717) is 22.3 Å². The minimum absolute atomic E-state index is 0.412. The van der Waals surface area contributed by atoms with E-state index in [1.54, 1.807) is 6.07 Å². The molecule has 0 aromatic carbocycles. The van der Waals surface area contributed by atoms with Gasteiger partial charge in [-0.25, -0.2) is 4.98 Å². The Kier molecular flexibility index (Phi) is 1.79. The SMILES string of the molecule is N#Cc1c[nH]c2nccc(N=[N+]=[N-])c12. The summed E-state index contributed by atoms with van der Waals surface area (Å²) in [5.74, 6) is 0. The Labute approximate surface area is 78.4 Å². The molecule has 2 aromatic rings. The highest BCUT2D eigenvalue weighted by molar-refractivity contribution is 5.92. The molecule has 0 unspecified atom stereocenters. The zero-order valence-electron chi connectivity index (χ0n) is 6.97. The van der Waals surface area contributed by atoms with Gasteiger partial charge in [-0.3, -0.25) is 0 Å². The first-order valence-electron chi connectivity index (χ1n) is 3.78. The number of nitriles is 1. The molecule has 0 saturated heterocycles. The molecule has 0 aliphatic carbocycles. The van der Waals surface area contributed by atoms with Gasteiger partial charge in [0.25, 0.3) is 0 Å².